The SMILES string of the molecule is Cc1nnc(-c2ccc(OCCC3CC3C3CCN(c4ccc(C(F)(F)F)cn4)CC3)cc2F)o1.O=C(O)C(F)(F)F. The van der Waals surface area contributed by atoms with Crippen LogP contribution < -0.4 is 9.64 Å². The highest BCUT2D eigenvalue weighted by atomic mass is 19.4. The Labute approximate surface area is 235 Å². The van der Waals surface area contributed by atoms with Crippen molar-refractivity contribution in [2.75, 3.05) is 24.6 Å². The summed E-state index contributed by atoms with van der Waals surface area (Å²) in [6.07, 6.45) is -4.45. The zero-order valence-electron chi connectivity index (χ0n) is 22.3. The molecule has 2 unspecified atom stereocenters. The summed E-state index contributed by atoms with van der Waals surface area (Å²) in [7, 11) is 0. The molecule has 2 atom stereocenters. The lowest BCUT2D eigenvalue weighted by Crippen LogP contribution is -2.35. The van der Waals surface area contributed by atoms with E-state index in [2.05, 4.69) is 20.1 Å². The summed E-state index contributed by atoms with van der Waals surface area (Å²) in [6, 6.07) is 7.17. The molecule has 228 valence electrons. The molecule has 1 N–H and O–H groups in total. The molecule has 2 fully saturated rings. The third-order valence-electron chi connectivity index (χ3n) is 7.22. The van der Waals surface area contributed by atoms with Gasteiger partial charge in [-0.3, -0.25) is 0 Å². The van der Waals surface area contributed by atoms with E-state index in [9.17, 15) is 30.7 Å². The van der Waals surface area contributed by atoms with Crippen molar-refractivity contribution in [2.45, 2.75) is 45.0 Å². The van der Waals surface area contributed by atoms with Crippen LogP contribution in [0.5, 0.6) is 5.75 Å². The van der Waals surface area contributed by atoms with E-state index in [1.165, 1.54) is 12.1 Å². The molecule has 0 spiro atoms. The number of carbonyl (C=O) groups is 1. The molecule has 3 heterocycles. The Hall–Kier alpha value is -3.91. The van der Waals surface area contributed by atoms with Gasteiger partial charge in [-0.05, 0) is 67.7 Å². The summed E-state index contributed by atoms with van der Waals surface area (Å²) in [4.78, 5) is 15.0. The van der Waals surface area contributed by atoms with E-state index >= 15 is 0 Å². The first-order chi connectivity index (χ1) is 19.7. The molecule has 0 amide bonds. The number of ether oxygens (including phenoxy) is 1. The zero-order chi connectivity index (χ0) is 30.7. The van der Waals surface area contributed by atoms with E-state index in [-0.39, 0.29) is 11.5 Å². The topological polar surface area (TPSA) is 102 Å². The van der Waals surface area contributed by atoms with E-state index in [1.54, 1.807) is 19.1 Å². The number of hydrogen-bond acceptors (Lipinski definition) is 7. The molecule has 15 heteroatoms. The van der Waals surface area contributed by atoms with Gasteiger partial charge in [0.2, 0.25) is 5.89 Å². The number of aliphatic carboxylic acids is 1. The van der Waals surface area contributed by atoms with Crippen LogP contribution in [-0.2, 0) is 11.0 Å². The summed E-state index contributed by atoms with van der Waals surface area (Å²) >= 11 is 0. The monoisotopic (exact) mass is 604 g/mol. The number of rotatable bonds is 7. The second-order valence-electron chi connectivity index (χ2n) is 10.1. The average Bonchev–Trinajstić information content (AvgIpc) is 3.57. The first-order valence-electron chi connectivity index (χ1n) is 13.0. The maximum absolute atomic E-state index is 14.4. The third kappa shape index (κ3) is 8.10. The maximum Gasteiger partial charge on any atom is 0.490 e. The number of aromatic nitrogens is 3. The summed E-state index contributed by atoms with van der Waals surface area (Å²) < 4.78 is 95.4. The minimum atomic E-state index is -5.08. The highest BCUT2D eigenvalue weighted by molar-refractivity contribution is 5.73. The number of benzene rings is 1. The average molecular weight is 605 g/mol. The Bertz CT molecular complexity index is 1350. The van der Waals surface area contributed by atoms with Gasteiger partial charge >= 0.3 is 18.3 Å². The number of hydrogen-bond donors (Lipinski definition) is 1. The second-order valence-corrected chi connectivity index (χ2v) is 10.1. The Morgan fingerprint density at radius 3 is 2.31 bits per heavy atom. The normalized spacial score (nSPS) is 19.2. The summed E-state index contributed by atoms with van der Waals surface area (Å²) in [5.41, 5.74) is -0.474. The number of halogens is 7. The Morgan fingerprint density at radius 2 is 1.79 bits per heavy atom. The lowest BCUT2D eigenvalue weighted by atomic mass is 9.90. The fraction of sp³-hybridized carbons (Fsp3) is 0.481. The van der Waals surface area contributed by atoms with Crippen molar-refractivity contribution in [2.24, 2.45) is 17.8 Å². The predicted octanol–water partition coefficient (Wildman–Crippen LogP) is 6.55. The van der Waals surface area contributed by atoms with Gasteiger partial charge in [-0.1, -0.05) is 0 Å². The van der Waals surface area contributed by atoms with Crippen LogP contribution in [0.25, 0.3) is 11.5 Å². The summed E-state index contributed by atoms with van der Waals surface area (Å²) in [5.74, 6) is 0.231. The molecule has 1 saturated heterocycles. The van der Waals surface area contributed by atoms with Gasteiger partial charge in [0.1, 0.15) is 17.4 Å². The molecule has 8 nitrogen and oxygen atoms in total. The van der Waals surface area contributed by atoms with Gasteiger partial charge in [0, 0.05) is 32.3 Å². The van der Waals surface area contributed by atoms with Crippen molar-refractivity contribution in [3.05, 3.63) is 53.8 Å². The quantitative estimate of drug-likeness (QED) is 0.303. The number of nitrogens with zero attached hydrogens (tertiary/aromatic N) is 4. The molecular formula is C27H27F7N4O4. The fourth-order valence-electron chi connectivity index (χ4n) is 4.97. The molecular weight excluding hydrogens is 577 g/mol. The van der Waals surface area contributed by atoms with Crippen LogP contribution in [0.2, 0.25) is 0 Å². The highest BCUT2D eigenvalue weighted by Crippen LogP contribution is 2.50. The van der Waals surface area contributed by atoms with Crippen LogP contribution in [0.1, 0.15) is 37.1 Å². The largest absolute Gasteiger partial charge is 0.493 e. The van der Waals surface area contributed by atoms with Crippen LogP contribution in [0.15, 0.2) is 40.9 Å². The van der Waals surface area contributed by atoms with Crippen LogP contribution in [0, 0.1) is 30.5 Å². The van der Waals surface area contributed by atoms with Gasteiger partial charge < -0.3 is 19.2 Å². The van der Waals surface area contributed by atoms with E-state index in [1.807, 2.05) is 0 Å². The first kappa shape index (κ1) is 31.0. The molecule has 1 aliphatic heterocycles. The number of aryl methyl sites for hydroxylation is 1. The molecule has 1 saturated carbocycles. The van der Waals surface area contributed by atoms with Crippen molar-refractivity contribution in [3.8, 4) is 17.2 Å². The van der Waals surface area contributed by atoms with E-state index < -0.39 is 29.7 Å². The molecule has 2 aliphatic rings. The Balaban J connectivity index is 0.000000517. The van der Waals surface area contributed by atoms with Crippen molar-refractivity contribution in [3.63, 3.8) is 0 Å². The van der Waals surface area contributed by atoms with Gasteiger partial charge in [-0.15, -0.1) is 10.2 Å². The number of carboxylic acids is 1. The molecule has 3 aromatic rings. The Morgan fingerprint density at radius 1 is 1.10 bits per heavy atom. The minimum Gasteiger partial charge on any atom is -0.493 e. The minimum absolute atomic E-state index is 0.146. The predicted molar refractivity (Wildman–Crippen MR) is 134 cm³/mol. The van der Waals surface area contributed by atoms with Gasteiger partial charge in [0.25, 0.3) is 5.89 Å². The summed E-state index contributed by atoms with van der Waals surface area (Å²) in [6.45, 7) is 3.77. The summed E-state index contributed by atoms with van der Waals surface area (Å²) in [5, 5.41) is 14.7. The van der Waals surface area contributed by atoms with Crippen molar-refractivity contribution in [1.82, 2.24) is 15.2 Å². The molecule has 1 aromatic carbocycles. The molecule has 2 aromatic heterocycles. The number of piperidine rings is 1. The maximum atomic E-state index is 14.4. The van der Waals surface area contributed by atoms with Crippen LogP contribution >= 0.6 is 0 Å². The van der Waals surface area contributed by atoms with E-state index in [4.69, 9.17) is 19.1 Å². The molecule has 42 heavy (non-hydrogen) atoms. The van der Waals surface area contributed by atoms with E-state index in [0.717, 1.165) is 51.0 Å². The van der Waals surface area contributed by atoms with Gasteiger partial charge in [0.05, 0.1) is 17.7 Å². The smallest absolute Gasteiger partial charge is 0.490 e. The molecule has 5 rings (SSSR count). The molecule has 0 radical (unpaired) electrons. The van der Waals surface area contributed by atoms with Gasteiger partial charge in [0.15, 0.2) is 0 Å². The highest BCUT2D eigenvalue weighted by Gasteiger charge is 2.43. The lowest BCUT2D eigenvalue weighted by Gasteiger charge is -2.33. The first-order valence-corrected chi connectivity index (χ1v) is 13.0. The van der Waals surface area contributed by atoms with Crippen LogP contribution in [-0.4, -0.2) is 52.1 Å². The Kier molecular flexibility index (Phi) is 9.26. The fourth-order valence-corrected chi connectivity index (χ4v) is 4.97. The second kappa shape index (κ2) is 12.5. The number of carboxylic acid groups (broad SMARTS) is 1. The number of anilines is 1. The van der Waals surface area contributed by atoms with Crippen LogP contribution in [0.4, 0.5) is 36.6 Å². The zero-order valence-corrected chi connectivity index (χ0v) is 22.3. The lowest BCUT2D eigenvalue weighted by molar-refractivity contribution is -0.192. The van der Waals surface area contributed by atoms with Crippen molar-refractivity contribution in [1.29, 1.82) is 0 Å². The molecule has 1 aliphatic carbocycles. The van der Waals surface area contributed by atoms with Gasteiger partial charge in [-0.25, -0.2) is 14.2 Å². The van der Waals surface area contributed by atoms with Crippen molar-refractivity contribution < 1.29 is 49.8 Å². The number of alkyl halides is 6. The molecule has 0 bridgehead atoms. The standard InChI is InChI=1S/C25H26F4N4O2.C2HF3O2/c1-15-31-32-24(35-15)20-4-3-19(13-22(20)26)34-11-8-17-12-21(17)16-6-9-33(10-7-16)23-5-2-18(14-30-23)25(27,28)29;3-2(4,5)1(6)7/h2-5,13-14,16-17,21H,6-12H2,1H3;(H,6,7). The third-order valence-corrected chi connectivity index (χ3v) is 7.22. The number of pyridine rings is 1. The van der Waals surface area contributed by atoms with Crippen molar-refractivity contribution >= 4 is 11.8 Å². The van der Waals surface area contributed by atoms with Gasteiger partial charge in [-0.2, -0.15) is 26.3 Å². The van der Waals surface area contributed by atoms with E-state index in [0.29, 0.717) is 41.8 Å². The van der Waals surface area contributed by atoms with Crippen LogP contribution in [0.3, 0.4) is 0 Å².